The SMILES string of the molecule is C=C(C)[C@@H]1CC[C@]2(C(=O)O)CC[C@]3(C(=O)O)C(CCC4[C@@]5(C)[C@H](CO)CC(C)(C)[C@@H]5CC[C@]43C)C12. The monoisotopic (exact) mass is 486 g/mol. The Morgan fingerprint density at radius 1 is 0.886 bits per heavy atom. The standard InChI is InChI=1S/C30H46O5/c1-17(2)19-9-12-29(24(32)33)13-14-30(25(34)35)20(23(19)29)7-8-22-27(30,5)11-10-21-26(3,4)15-18(16-31)28(21,22)6/h18-23,31H,1,7-16H2,2-6H3,(H,32,33)(H,34,35)/t18-,19-,20?,21-,22?,23?,27+,28-,29-,30+/m0/s1. The Morgan fingerprint density at radius 3 is 2.14 bits per heavy atom. The highest BCUT2D eigenvalue weighted by molar-refractivity contribution is 5.80. The van der Waals surface area contributed by atoms with Gasteiger partial charge in [-0.15, -0.1) is 0 Å². The zero-order valence-electron chi connectivity index (χ0n) is 22.4. The minimum atomic E-state index is -0.918. The summed E-state index contributed by atoms with van der Waals surface area (Å²) >= 11 is 0. The molecule has 0 spiro atoms. The molecule has 5 fully saturated rings. The van der Waals surface area contributed by atoms with E-state index in [1.165, 1.54) is 0 Å². The first-order chi connectivity index (χ1) is 16.2. The van der Waals surface area contributed by atoms with Crippen molar-refractivity contribution >= 4 is 11.9 Å². The van der Waals surface area contributed by atoms with Crippen molar-refractivity contribution in [2.24, 2.45) is 62.6 Å². The van der Waals surface area contributed by atoms with Gasteiger partial charge >= 0.3 is 11.9 Å². The van der Waals surface area contributed by atoms with Crippen molar-refractivity contribution in [1.82, 2.24) is 0 Å². The van der Waals surface area contributed by atoms with Gasteiger partial charge in [-0.1, -0.05) is 39.8 Å². The molecule has 5 aliphatic rings. The molecule has 5 heteroatoms. The van der Waals surface area contributed by atoms with Gasteiger partial charge in [-0.25, -0.2) is 0 Å². The molecule has 3 unspecified atom stereocenters. The molecular formula is C30H46O5. The second-order valence-electron chi connectivity index (χ2n) is 14.4. The first-order valence-corrected chi connectivity index (χ1v) is 14.0. The lowest BCUT2D eigenvalue weighted by Gasteiger charge is -2.69. The summed E-state index contributed by atoms with van der Waals surface area (Å²) in [5, 5.41) is 32.1. The third kappa shape index (κ3) is 2.80. The molecule has 10 atom stereocenters. The van der Waals surface area contributed by atoms with Gasteiger partial charge in [0.15, 0.2) is 0 Å². The second kappa shape index (κ2) is 7.58. The van der Waals surface area contributed by atoms with Crippen LogP contribution in [0.3, 0.4) is 0 Å². The highest BCUT2D eigenvalue weighted by atomic mass is 16.4. The van der Waals surface area contributed by atoms with Crippen molar-refractivity contribution in [2.45, 2.75) is 92.4 Å². The maximum Gasteiger partial charge on any atom is 0.310 e. The van der Waals surface area contributed by atoms with Crippen molar-refractivity contribution in [1.29, 1.82) is 0 Å². The maximum absolute atomic E-state index is 13.6. The minimum Gasteiger partial charge on any atom is -0.481 e. The third-order valence-electron chi connectivity index (χ3n) is 13.3. The highest BCUT2D eigenvalue weighted by Crippen LogP contribution is 2.79. The van der Waals surface area contributed by atoms with Crippen LogP contribution in [-0.4, -0.2) is 33.9 Å². The van der Waals surface area contributed by atoms with Crippen molar-refractivity contribution in [3.63, 3.8) is 0 Å². The van der Waals surface area contributed by atoms with Gasteiger partial charge in [0.25, 0.3) is 0 Å². The van der Waals surface area contributed by atoms with Crippen LogP contribution in [0.25, 0.3) is 0 Å². The van der Waals surface area contributed by atoms with E-state index in [1.807, 2.05) is 6.92 Å². The van der Waals surface area contributed by atoms with Gasteiger partial charge in [0.05, 0.1) is 10.8 Å². The van der Waals surface area contributed by atoms with E-state index in [0.717, 1.165) is 44.1 Å². The van der Waals surface area contributed by atoms with Crippen molar-refractivity contribution < 1.29 is 24.9 Å². The number of aliphatic hydroxyl groups excluding tert-OH is 1. The Bertz CT molecular complexity index is 954. The summed E-state index contributed by atoms with van der Waals surface area (Å²) in [6.45, 7) is 15.7. The van der Waals surface area contributed by atoms with Crippen LogP contribution in [0.2, 0.25) is 0 Å². The van der Waals surface area contributed by atoms with Crippen LogP contribution in [0.4, 0.5) is 0 Å². The molecular weight excluding hydrogens is 440 g/mol. The number of fused-ring (bicyclic) bond motifs is 7. The second-order valence-corrected chi connectivity index (χ2v) is 14.4. The molecule has 5 aliphatic carbocycles. The number of aliphatic carboxylic acids is 2. The Morgan fingerprint density at radius 2 is 1.57 bits per heavy atom. The van der Waals surface area contributed by atoms with Crippen LogP contribution in [0.15, 0.2) is 12.2 Å². The number of carboxylic acids is 2. The number of rotatable bonds is 4. The van der Waals surface area contributed by atoms with E-state index in [1.54, 1.807) is 0 Å². The summed E-state index contributed by atoms with van der Waals surface area (Å²) in [6.07, 6.45) is 6.93. The van der Waals surface area contributed by atoms with Crippen molar-refractivity contribution in [3.8, 4) is 0 Å². The first kappa shape index (κ1) is 25.3. The van der Waals surface area contributed by atoms with Crippen molar-refractivity contribution in [2.75, 3.05) is 6.61 Å². The molecule has 5 nitrogen and oxygen atoms in total. The smallest absolute Gasteiger partial charge is 0.310 e. The number of aliphatic hydroxyl groups is 1. The molecule has 196 valence electrons. The molecule has 0 aromatic rings. The fourth-order valence-electron chi connectivity index (χ4n) is 12.0. The normalized spacial score (nSPS) is 52.1. The van der Waals surface area contributed by atoms with Crippen LogP contribution in [-0.2, 0) is 9.59 Å². The van der Waals surface area contributed by atoms with Crippen LogP contribution in [0, 0.1) is 62.6 Å². The Balaban J connectivity index is 1.66. The average Bonchev–Trinajstić information content (AvgIpc) is 3.27. The number of hydrogen-bond acceptors (Lipinski definition) is 3. The summed E-state index contributed by atoms with van der Waals surface area (Å²) < 4.78 is 0. The van der Waals surface area contributed by atoms with Crippen LogP contribution in [0.1, 0.15) is 92.4 Å². The predicted molar refractivity (Wildman–Crippen MR) is 135 cm³/mol. The topological polar surface area (TPSA) is 94.8 Å². The zero-order valence-corrected chi connectivity index (χ0v) is 22.4. The van der Waals surface area contributed by atoms with Gasteiger partial charge in [-0.05, 0) is 116 Å². The molecule has 0 aromatic carbocycles. The number of allylic oxidation sites excluding steroid dienone is 1. The summed E-state index contributed by atoms with van der Waals surface area (Å²) in [5.41, 5.74) is -1.09. The molecule has 0 amide bonds. The molecule has 0 heterocycles. The molecule has 5 saturated carbocycles. The number of carboxylic acid groups (broad SMARTS) is 2. The maximum atomic E-state index is 13.6. The Kier molecular flexibility index (Phi) is 5.48. The molecule has 0 radical (unpaired) electrons. The van der Waals surface area contributed by atoms with Crippen LogP contribution in [0.5, 0.6) is 0 Å². The average molecular weight is 487 g/mol. The summed E-state index contributed by atoms with van der Waals surface area (Å²) in [4.78, 5) is 26.4. The van der Waals surface area contributed by atoms with Gasteiger partial charge in [0.1, 0.15) is 0 Å². The predicted octanol–water partition coefficient (Wildman–Crippen LogP) is 6.01. The fourth-order valence-corrected chi connectivity index (χ4v) is 12.0. The highest BCUT2D eigenvalue weighted by Gasteiger charge is 2.76. The third-order valence-corrected chi connectivity index (χ3v) is 13.3. The summed E-state index contributed by atoms with van der Waals surface area (Å²) in [5.74, 6) is -0.765. The minimum absolute atomic E-state index is 0.0813. The molecule has 5 rings (SSSR count). The molecule has 0 bridgehead atoms. The Hall–Kier alpha value is -1.36. The molecule has 35 heavy (non-hydrogen) atoms. The van der Waals surface area contributed by atoms with E-state index in [-0.39, 0.29) is 47.0 Å². The van der Waals surface area contributed by atoms with E-state index in [4.69, 9.17) is 0 Å². The first-order valence-electron chi connectivity index (χ1n) is 14.0. The quantitative estimate of drug-likeness (QED) is 0.423. The lowest BCUT2D eigenvalue weighted by molar-refractivity contribution is -0.240. The van der Waals surface area contributed by atoms with Crippen LogP contribution >= 0.6 is 0 Å². The van der Waals surface area contributed by atoms with E-state index in [9.17, 15) is 24.9 Å². The van der Waals surface area contributed by atoms with E-state index >= 15 is 0 Å². The van der Waals surface area contributed by atoms with Crippen molar-refractivity contribution in [3.05, 3.63) is 12.2 Å². The zero-order chi connectivity index (χ0) is 25.8. The summed E-state index contributed by atoms with van der Waals surface area (Å²) in [6, 6.07) is 0. The molecule has 0 aromatic heterocycles. The molecule has 0 saturated heterocycles. The van der Waals surface area contributed by atoms with Gasteiger partial charge in [0.2, 0.25) is 0 Å². The number of carbonyl (C=O) groups is 2. The van der Waals surface area contributed by atoms with Gasteiger partial charge in [0, 0.05) is 6.61 Å². The lowest BCUT2D eigenvalue weighted by atomic mass is 9.33. The molecule has 3 N–H and O–H groups in total. The fraction of sp³-hybridized carbons (Fsp3) is 0.867. The Labute approximate surface area is 210 Å². The largest absolute Gasteiger partial charge is 0.481 e. The van der Waals surface area contributed by atoms with E-state index in [2.05, 4.69) is 34.3 Å². The molecule has 0 aliphatic heterocycles. The van der Waals surface area contributed by atoms with E-state index < -0.39 is 28.2 Å². The van der Waals surface area contributed by atoms with Gasteiger partial charge in [-0.2, -0.15) is 0 Å². The van der Waals surface area contributed by atoms with Crippen LogP contribution < -0.4 is 0 Å². The van der Waals surface area contributed by atoms with Gasteiger partial charge < -0.3 is 15.3 Å². The summed E-state index contributed by atoms with van der Waals surface area (Å²) in [7, 11) is 0. The van der Waals surface area contributed by atoms with E-state index in [0.29, 0.717) is 25.2 Å². The lowest BCUT2D eigenvalue weighted by Crippen LogP contribution is -2.68. The number of hydrogen-bond donors (Lipinski definition) is 3. The van der Waals surface area contributed by atoms with Gasteiger partial charge in [-0.3, -0.25) is 9.59 Å².